The van der Waals surface area contributed by atoms with Crippen LogP contribution in [0.5, 0.6) is 0 Å². The van der Waals surface area contributed by atoms with Gasteiger partial charge in [0.15, 0.2) is 0 Å². The van der Waals surface area contributed by atoms with E-state index < -0.39 is 17.7 Å². The zero-order valence-corrected chi connectivity index (χ0v) is 10.8. The van der Waals surface area contributed by atoms with Crippen LogP contribution >= 0.6 is 0 Å². The number of nitrogens with one attached hydrogen (secondary N) is 3. The van der Waals surface area contributed by atoms with Crippen LogP contribution < -0.4 is 16.4 Å². The quantitative estimate of drug-likeness (QED) is 0.517. The molecule has 5 N–H and O–H groups in total. The summed E-state index contributed by atoms with van der Waals surface area (Å²) in [5.41, 5.74) is 5.99. The smallest absolute Gasteiger partial charge is 0.323 e. The lowest BCUT2D eigenvalue weighted by Crippen LogP contribution is -2.22. The number of carbonyl (C=O) groups is 1. The van der Waals surface area contributed by atoms with Gasteiger partial charge in [0.05, 0.1) is 5.69 Å². The molecule has 0 aliphatic heterocycles. The maximum Gasteiger partial charge on any atom is 0.323 e. The van der Waals surface area contributed by atoms with Crippen molar-refractivity contribution in [2.75, 3.05) is 10.6 Å². The third-order valence-corrected chi connectivity index (χ3v) is 2.62. The first kappa shape index (κ1) is 14.4. The van der Waals surface area contributed by atoms with Gasteiger partial charge in [-0.25, -0.2) is 13.6 Å². The van der Waals surface area contributed by atoms with Gasteiger partial charge in [-0.1, -0.05) is 0 Å². The Bertz CT molecular complexity index is 686. The zero-order chi connectivity index (χ0) is 15.4. The molecule has 108 valence electrons. The van der Waals surface area contributed by atoms with Gasteiger partial charge >= 0.3 is 6.03 Å². The van der Waals surface area contributed by atoms with E-state index in [-0.39, 0.29) is 17.1 Å². The fourth-order valence-electron chi connectivity index (χ4n) is 1.67. The predicted octanol–water partition coefficient (Wildman–Crippen LogP) is 2.89. The first-order valence-electron chi connectivity index (χ1n) is 5.93. The second-order valence-electron chi connectivity index (χ2n) is 4.19. The van der Waals surface area contributed by atoms with Gasteiger partial charge < -0.3 is 16.4 Å². The summed E-state index contributed by atoms with van der Waals surface area (Å²) >= 11 is 0. The molecule has 0 fully saturated rings. The molecule has 0 heterocycles. The van der Waals surface area contributed by atoms with Gasteiger partial charge in [0.25, 0.3) is 0 Å². The van der Waals surface area contributed by atoms with Crippen LogP contribution in [0.1, 0.15) is 5.56 Å². The predicted molar refractivity (Wildman–Crippen MR) is 76.5 cm³/mol. The molecular formula is C14H12F2N4O. The Morgan fingerprint density at radius 2 is 1.62 bits per heavy atom. The summed E-state index contributed by atoms with van der Waals surface area (Å²) in [7, 11) is 0. The topological polar surface area (TPSA) is 91.0 Å². The number of urea groups is 1. The molecule has 21 heavy (non-hydrogen) atoms. The molecule has 5 nitrogen and oxygen atoms in total. The highest BCUT2D eigenvalue weighted by atomic mass is 19.1. The maximum atomic E-state index is 13.1. The highest BCUT2D eigenvalue weighted by Crippen LogP contribution is 2.17. The highest BCUT2D eigenvalue weighted by molar-refractivity contribution is 6.06. The first-order chi connectivity index (χ1) is 9.95. The molecule has 7 heteroatoms. The van der Waals surface area contributed by atoms with E-state index in [4.69, 9.17) is 11.1 Å². The number of amides is 2. The molecule has 2 aromatic carbocycles. The minimum Gasteiger partial charge on any atom is -0.384 e. The molecule has 2 aromatic rings. The van der Waals surface area contributed by atoms with Crippen molar-refractivity contribution in [3.63, 3.8) is 0 Å². The van der Waals surface area contributed by atoms with Crippen molar-refractivity contribution in [1.82, 2.24) is 0 Å². The number of halogens is 2. The van der Waals surface area contributed by atoms with Crippen LogP contribution in [-0.2, 0) is 0 Å². The van der Waals surface area contributed by atoms with Crippen LogP contribution in [0.25, 0.3) is 0 Å². The van der Waals surface area contributed by atoms with E-state index in [2.05, 4.69) is 10.6 Å². The Hall–Kier alpha value is -2.96. The normalized spacial score (nSPS) is 10.0. The number of nitrogens with two attached hydrogens (primary N) is 1. The summed E-state index contributed by atoms with van der Waals surface area (Å²) in [6.07, 6.45) is 0. The monoisotopic (exact) mass is 290 g/mol. The number of hydrogen-bond acceptors (Lipinski definition) is 2. The van der Waals surface area contributed by atoms with Gasteiger partial charge in [0, 0.05) is 11.3 Å². The van der Waals surface area contributed by atoms with E-state index in [1.807, 2.05) is 0 Å². The molecule has 0 aliphatic rings. The van der Waals surface area contributed by atoms with E-state index in [0.717, 1.165) is 12.1 Å². The number of amidine groups is 1. The van der Waals surface area contributed by atoms with Gasteiger partial charge in [-0.2, -0.15) is 0 Å². The van der Waals surface area contributed by atoms with Crippen molar-refractivity contribution >= 4 is 23.2 Å². The molecule has 0 aromatic heterocycles. The molecule has 0 radical (unpaired) electrons. The van der Waals surface area contributed by atoms with Crippen molar-refractivity contribution in [2.24, 2.45) is 5.73 Å². The van der Waals surface area contributed by atoms with E-state index >= 15 is 0 Å². The zero-order valence-electron chi connectivity index (χ0n) is 10.8. The van der Waals surface area contributed by atoms with Crippen LogP contribution in [0, 0.1) is 17.0 Å². The van der Waals surface area contributed by atoms with Gasteiger partial charge in [0.2, 0.25) is 0 Å². The third-order valence-electron chi connectivity index (χ3n) is 2.62. The highest BCUT2D eigenvalue weighted by Gasteiger charge is 2.10. The Balaban J connectivity index is 2.12. The number of benzene rings is 2. The molecule has 0 bridgehead atoms. The molecule has 0 aliphatic carbocycles. The van der Waals surface area contributed by atoms with Gasteiger partial charge in [0.1, 0.15) is 17.5 Å². The van der Waals surface area contributed by atoms with Crippen LogP contribution in [0.4, 0.5) is 25.0 Å². The molecule has 0 spiro atoms. The standard InChI is InChI=1S/C14H12F2N4O/c15-8-1-4-10(5-2-8)19-14(21)20-12-6-3-9(16)7-11(12)13(17)18/h1-7H,(H3,17,18)(H2,19,20,21). The van der Waals surface area contributed by atoms with Gasteiger partial charge in [-0.05, 0) is 42.5 Å². The summed E-state index contributed by atoms with van der Waals surface area (Å²) in [5.74, 6) is -1.35. The molecule has 0 atom stereocenters. The molecule has 0 unspecified atom stereocenters. The van der Waals surface area contributed by atoms with Crippen molar-refractivity contribution < 1.29 is 13.6 Å². The van der Waals surface area contributed by atoms with Crippen LogP contribution in [0.3, 0.4) is 0 Å². The van der Waals surface area contributed by atoms with Crippen molar-refractivity contribution in [2.45, 2.75) is 0 Å². The Kier molecular flexibility index (Phi) is 4.13. The fraction of sp³-hybridized carbons (Fsp3) is 0. The maximum absolute atomic E-state index is 13.1. The molecule has 2 rings (SSSR count). The van der Waals surface area contributed by atoms with Crippen LogP contribution in [0.15, 0.2) is 42.5 Å². The largest absolute Gasteiger partial charge is 0.384 e. The van der Waals surface area contributed by atoms with E-state index in [1.54, 1.807) is 0 Å². The molecular weight excluding hydrogens is 278 g/mol. The second-order valence-corrected chi connectivity index (χ2v) is 4.19. The Morgan fingerprint density at radius 1 is 1.00 bits per heavy atom. The SMILES string of the molecule is N=C(N)c1cc(F)ccc1NC(=O)Nc1ccc(F)cc1. The Labute approximate surface area is 119 Å². The number of nitrogen functional groups attached to an aromatic ring is 1. The third kappa shape index (κ3) is 3.75. The minimum absolute atomic E-state index is 0.0734. The number of hydrogen-bond donors (Lipinski definition) is 4. The van der Waals surface area contributed by atoms with Gasteiger partial charge in [-0.3, -0.25) is 5.41 Å². The van der Waals surface area contributed by atoms with Crippen molar-refractivity contribution in [3.8, 4) is 0 Å². The average molecular weight is 290 g/mol. The number of rotatable bonds is 3. The van der Waals surface area contributed by atoms with Crippen molar-refractivity contribution in [1.29, 1.82) is 5.41 Å². The molecule has 2 amide bonds. The van der Waals surface area contributed by atoms with Crippen LogP contribution in [-0.4, -0.2) is 11.9 Å². The summed E-state index contributed by atoms with van der Waals surface area (Å²) in [4.78, 5) is 11.8. The average Bonchev–Trinajstić information content (AvgIpc) is 2.43. The summed E-state index contributed by atoms with van der Waals surface area (Å²) < 4.78 is 25.9. The minimum atomic E-state index is -0.615. The van der Waals surface area contributed by atoms with E-state index in [9.17, 15) is 13.6 Å². The number of anilines is 2. The van der Waals surface area contributed by atoms with E-state index in [0.29, 0.717) is 5.69 Å². The van der Waals surface area contributed by atoms with Crippen molar-refractivity contribution in [3.05, 3.63) is 59.7 Å². The lowest BCUT2D eigenvalue weighted by molar-refractivity contribution is 0.262. The lowest BCUT2D eigenvalue weighted by atomic mass is 10.1. The van der Waals surface area contributed by atoms with E-state index in [1.165, 1.54) is 30.3 Å². The van der Waals surface area contributed by atoms with Gasteiger partial charge in [-0.15, -0.1) is 0 Å². The summed E-state index contributed by atoms with van der Waals surface area (Å²) in [6, 6.07) is 8.07. The lowest BCUT2D eigenvalue weighted by Gasteiger charge is -2.11. The summed E-state index contributed by atoms with van der Waals surface area (Å²) in [6.45, 7) is 0. The summed E-state index contributed by atoms with van der Waals surface area (Å²) in [5, 5.41) is 12.3. The Morgan fingerprint density at radius 3 is 2.24 bits per heavy atom. The fourth-order valence-corrected chi connectivity index (χ4v) is 1.67. The first-order valence-corrected chi connectivity index (χ1v) is 5.93. The second kappa shape index (κ2) is 6.00. The molecule has 0 saturated carbocycles. The molecule has 0 saturated heterocycles. The number of carbonyl (C=O) groups excluding carboxylic acids is 1. The van der Waals surface area contributed by atoms with Crippen LogP contribution in [0.2, 0.25) is 0 Å².